The van der Waals surface area contributed by atoms with Gasteiger partial charge in [0.15, 0.2) is 0 Å². The maximum atomic E-state index is 12.8. The van der Waals surface area contributed by atoms with Gasteiger partial charge in [-0.3, -0.25) is 9.59 Å². The molecule has 0 aromatic rings. The minimum Gasteiger partial charge on any atom is -0.340 e. The molecule has 4 heteroatoms. The van der Waals surface area contributed by atoms with Crippen molar-refractivity contribution in [1.29, 1.82) is 0 Å². The van der Waals surface area contributed by atoms with Crippen molar-refractivity contribution in [3.8, 4) is 0 Å². The van der Waals surface area contributed by atoms with Crippen LogP contribution in [0.4, 0.5) is 0 Å². The Bertz CT molecular complexity index is 455. The van der Waals surface area contributed by atoms with Gasteiger partial charge in [-0.25, -0.2) is 0 Å². The number of hydrogen-bond donors (Lipinski definition) is 0. The van der Waals surface area contributed by atoms with Crippen LogP contribution in [-0.4, -0.2) is 47.3 Å². The summed E-state index contributed by atoms with van der Waals surface area (Å²) >= 11 is 0. The minimum absolute atomic E-state index is 0.171. The predicted octanol–water partition coefficient (Wildman–Crippen LogP) is 2.28. The fraction of sp³-hybridized carbons (Fsp3) is 0.882. The molecule has 1 aliphatic carbocycles. The summed E-state index contributed by atoms with van der Waals surface area (Å²) in [6.45, 7) is 11.3. The molecular formula is C17H28N2O2. The Morgan fingerprint density at radius 1 is 1.05 bits per heavy atom. The van der Waals surface area contributed by atoms with E-state index in [1.807, 2.05) is 9.80 Å². The van der Waals surface area contributed by atoms with E-state index in [1.165, 1.54) is 0 Å². The molecule has 3 aliphatic rings. The van der Waals surface area contributed by atoms with Gasteiger partial charge in [0.25, 0.3) is 0 Å². The molecule has 0 radical (unpaired) electrons. The highest BCUT2D eigenvalue weighted by molar-refractivity contribution is 5.90. The van der Waals surface area contributed by atoms with Crippen molar-refractivity contribution in [2.24, 2.45) is 16.7 Å². The lowest BCUT2D eigenvalue weighted by Gasteiger charge is -2.34. The van der Waals surface area contributed by atoms with Gasteiger partial charge in [0, 0.05) is 26.1 Å². The maximum Gasteiger partial charge on any atom is 0.245 e. The third-order valence-corrected chi connectivity index (χ3v) is 6.74. The SMILES string of the molecule is CC1(C)C(CN2CCC(=O)N3CCCCC3C2=O)C1(C)C. The van der Waals surface area contributed by atoms with E-state index in [2.05, 4.69) is 27.7 Å². The molecule has 4 nitrogen and oxygen atoms in total. The van der Waals surface area contributed by atoms with Gasteiger partial charge in [-0.1, -0.05) is 27.7 Å². The van der Waals surface area contributed by atoms with E-state index in [0.29, 0.717) is 18.9 Å². The summed E-state index contributed by atoms with van der Waals surface area (Å²) in [5, 5.41) is 0. The topological polar surface area (TPSA) is 40.6 Å². The zero-order chi connectivity index (χ0) is 15.4. The fourth-order valence-electron chi connectivity index (χ4n) is 4.37. The lowest BCUT2D eigenvalue weighted by atomic mass is 10.0. The number of rotatable bonds is 2. The smallest absolute Gasteiger partial charge is 0.245 e. The molecule has 0 spiro atoms. The summed E-state index contributed by atoms with van der Waals surface area (Å²) in [6, 6.07) is -0.182. The van der Waals surface area contributed by atoms with Crippen molar-refractivity contribution in [1.82, 2.24) is 9.80 Å². The number of carbonyl (C=O) groups is 2. The van der Waals surface area contributed by atoms with Crippen molar-refractivity contribution in [2.45, 2.75) is 59.4 Å². The first-order valence-electron chi connectivity index (χ1n) is 8.35. The van der Waals surface area contributed by atoms with Gasteiger partial charge in [0.1, 0.15) is 6.04 Å². The highest BCUT2D eigenvalue weighted by atomic mass is 16.2. The Labute approximate surface area is 127 Å². The third-order valence-electron chi connectivity index (χ3n) is 6.74. The zero-order valence-corrected chi connectivity index (χ0v) is 13.8. The van der Waals surface area contributed by atoms with Gasteiger partial charge in [-0.15, -0.1) is 0 Å². The van der Waals surface area contributed by atoms with Crippen LogP contribution in [0.15, 0.2) is 0 Å². The molecule has 0 bridgehead atoms. The van der Waals surface area contributed by atoms with E-state index < -0.39 is 0 Å². The molecule has 2 heterocycles. The first-order chi connectivity index (χ1) is 9.76. The highest BCUT2D eigenvalue weighted by Crippen LogP contribution is 2.68. The van der Waals surface area contributed by atoms with Crippen LogP contribution in [0.3, 0.4) is 0 Å². The van der Waals surface area contributed by atoms with Crippen molar-refractivity contribution in [3.05, 3.63) is 0 Å². The molecule has 21 heavy (non-hydrogen) atoms. The minimum atomic E-state index is -0.182. The monoisotopic (exact) mass is 292 g/mol. The summed E-state index contributed by atoms with van der Waals surface area (Å²) in [5.74, 6) is 0.906. The Morgan fingerprint density at radius 3 is 2.33 bits per heavy atom. The zero-order valence-electron chi connectivity index (χ0n) is 13.8. The van der Waals surface area contributed by atoms with Crippen molar-refractivity contribution in [2.75, 3.05) is 19.6 Å². The quantitative estimate of drug-likeness (QED) is 0.783. The van der Waals surface area contributed by atoms with Gasteiger partial charge < -0.3 is 9.80 Å². The van der Waals surface area contributed by atoms with Gasteiger partial charge in [-0.2, -0.15) is 0 Å². The molecule has 3 rings (SSSR count). The summed E-state index contributed by atoms with van der Waals surface area (Å²) in [4.78, 5) is 28.9. The summed E-state index contributed by atoms with van der Waals surface area (Å²) < 4.78 is 0. The maximum absolute atomic E-state index is 12.8. The van der Waals surface area contributed by atoms with Crippen LogP contribution in [0.2, 0.25) is 0 Å². The number of carbonyl (C=O) groups excluding carboxylic acids is 2. The molecule has 2 amide bonds. The lowest BCUT2D eigenvalue weighted by Crippen LogP contribution is -2.50. The van der Waals surface area contributed by atoms with E-state index >= 15 is 0 Å². The van der Waals surface area contributed by atoms with Gasteiger partial charge in [0.2, 0.25) is 11.8 Å². The normalized spacial score (nSPS) is 31.9. The van der Waals surface area contributed by atoms with Gasteiger partial charge in [-0.05, 0) is 36.0 Å². The molecule has 1 unspecified atom stereocenters. The van der Waals surface area contributed by atoms with E-state index in [9.17, 15) is 9.59 Å². The van der Waals surface area contributed by atoms with Crippen LogP contribution in [0.25, 0.3) is 0 Å². The van der Waals surface area contributed by atoms with Crippen LogP contribution in [0, 0.1) is 16.7 Å². The number of fused-ring (bicyclic) bond motifs is 1. The molecular weight excluding hydrogens is 264 g/mol. The number of hydrogen-bond acceptors (Lipinski definition) is 2. The average molecular weight is 292 g/mol. The summed E-state index contributed by atoms with van der Waals surface area (Å²) in [7, 11) is 0. The number of nitrogens with zero attached hydrogens (tertiary/aromatic N) is 2. The lowest BCUT2D eigenvalue weighted by molar-refractivity contribution is -0.143. The first-order valence-corrected chi connectivity index (χ1v) is 8.35. The van der Waals surface area contributed by atoms with E-state index in [4.69, 9.17) is 0 Å². The average Bonchev–Trinajstić information content (AvgIpc) is 2.88. The summed E-state index contributed by atoms with van der Waals surface area (Å²) in [5.41, 5.74) is 0.575. The second kappa shape index (κ2) is 4.72. The molecule has 118 valence electrons. The third kappa shape index (κ3) is 2.18. The highest BCUT2D eigenvalue weighted by Gasteiger charge is 2.64. The Balaban J connectivity index is 1.75. The van der Waals surface area contributed by atoms with Crippen molar-refractivity contribution in [3.63, 3.8) is 0 Å². The van der Waals surface area contributed by atoms with E-state index in [-0.39, 0.29) is 28.7 Å². The van der Waals surface area contributed by atoms with E-state index in [1.54, 1.807) is 0 Å². The van der Waals surface area contributed by atoms with Gasteiger partial charge >= 0.3 is 0 Å². The Morgan fingerprint density at radius 2 is 1.71 bits per heavy atom. The van der Waals surface area contributed by atoms with Crippen LogP contribution in [-0.2, 0) is 9.59 Å². The molecule has 1 atom stereocenters. The predicted molar refractivity (Wildman–Crippen MR) is 81.6 cm³/mol. The number of piperidine rings is 1. The van der Waals surface area contributed by atoms with Crippen LogP contribution >= 0.6 is 0 Å². The molecule has 2 saturated heterocycles. The molecule has 3 fully saturated rings. The molecule has 0 aromatic carbocycles. The molecule has 2 aliphatic heterocycles. The van der Waals surface area contributed by atoms with E-state index in [0.717, 1.165) is 32.4 Å². The van der Waals surface area contributed by atoms with Gasteiger partial charge in [0.05, 0.1) is 0 Å². The number of amides is 2. The van der Waals surface area contributed by atoms with Crippen molar-refractivity contribution < 1.29 is 9.59 Å². The molecule has 0 N–H and O–H groups in total. The summed E-state index contributed by atoms with van der Waals surface area (Å²) in [6.07, 6.45) is 3.45. The second-order valence-electron chi connectivity index (χ2n) is 8.13. The largest absolute Gasteiger partial charge is 0.340 e. The van der Waals surface area contributed by atoms with Crippen LogP contribution < -0.4 is 0 Å². The molecule has 0 aromatic heterocycles. The molecule has 1 saturated carbocycles. The van der Waals surface area contributed by atoms with Crippen LogP contribution in [0.1, 0.15) is 53.4 Å². The standard InChI is InChI=1S/C17H28N2O2/c1-16(2)13(17(16,3)4)11-18-10-8-14(20)19-9-6-5-7-12(19)15(18)21/h12-13H,5-11H2,1-4H3. The van der Waals surface area contributed by atoms with Crippen molar-refractivity contribution >= 4 is 11.8 Å². The Kier molecular flexibility index (Phi) is 3.34. The first kappa shape index (κ1) is 14.9. The second-order valence-corrected chi connectivity index (χ2v) is 8.13. The fourth-order valence-corrected chi connectivity index (χ4v) is 4.37. The Hall–Kier alpha value is -1.06. The van der Waals surface area contributed by atoms with Crippen LogP contribution in [0.5, 0.6) is 0 Å².